The average Bonchev–Trinajstić information content (AvgIpc) is 3.14. The van der Waals surface area contributed by atoms with Gasteiger partial charge in [0.1, 0.15) is 5.00 Å². The van der Waals surface area contributed by atoms with Crippen molar-refractivity contribution in [3.8, 4) is 0 Å². The van der Waals surface area contributed by atoms with Crippen LogP contribution >= 0.6 is 11.3 Å². The van der Waals surface area contributed by atoms with Gasteiger partial charge in [-0.15, -0.1) is 11.3 Å². The number of hydrogen-bond acceptors (Lipinski definition) is 5. The quantitative estimate of drug-likeness (QED) is 0.606. The van der Waals surface area contributed by atoms with Gasteiger partial charge in [-0.3, -0.25) is 9.59 Å². The highest BCUT2D eigenvalue weighted by Crippen LogP contribution is 2.40. The molecule has 26 heavy (non-hydrogen) atoms. The number of carbonyl (C=O) groups excluding carboxylic acids is 2. The fraction of sp³-hybridized carbons (Fsp3) is 0.526. The van der Waals surface area contributed by atoms with Crippen LogP contribution in [0.25, 0.3) is 0 Å². The molecule has 0 bridgehead atoms. The van der Waals surface area contributed by atoms with Crippen LogP contribution < -0.4 is 5.32 Å². The molecule has 1 heterocycles. The minimum atomic E-state index is -0.970. The summed E-state index contributed by atoms with van der Waals surface area (Å²) in [4.78, 5) is 37.9. The lowest BCUT2D eigenvalue weighted by Gasteiger charge is -2.24. The van der Waals surface area contributed by atoms with Crippen molar-refractivity contribution in [1.82, 2.24) is 0 Å². The number of fused-ring (bicyclic) bond motifs is 1. The fourth-order valence-corrected chi connectivity index (χ4v) is 4.84. The largest absolute Gasteiger partial charge is 0.481 e. The van der Waals surface area contributed by atoms with Crippen LogP contribution in [0.5, 0.6) is 0 Å². The van der Waals surface area contributed by atoms with Crippen LogP contribution in [0, 0.1) is 11.8 Å². The molecule has 3 rings (SSSR count). The summed E-state index contributed by atoms with van der Waals surface area (Å²) < 4.78 is 5.36. The van der Waals surface area contributed by atoms with E-state index < -0.39 is 23.8 Å². The summed E-state index contributed by atoms with van der Waals surface area (Å²) in [5, 5.41) is 12.7. The Kier molecular flexibility index (Phi) is 5.46. The zero-order chi connectivity index (χ0) is 18.8. The van der Waals surface area contributed by atoms with Gasteiger partial charge in [0.15, 0.2) is 0 Å². The molecule has 2 atom stereocenters. The first-order chi connectivity index (χ1) is 12.4. The van der Waals surface area contributed by atoms with E-state index in [1.807, 2.05) is 6.08 Å². The van der Waals surface area contributed by atoms with E-state index in [1.54, 1.807) is 19.9 Å². The highest BCUT2D eigenvalue weighted by atomic mass is 32.1. The smallest absolute Gasteiger partial charge is 0.341 e. The summed E-state index contributed by atoms with van der Waals surface area (Å²) >= 11 is 1.41. The minimum absolute atomic E-state index is 0.247. The predicted octanol–water partition coefficient (Wildman–Crippen LogP) is 3.41. The van der Waals surface area contributed by atoms with Crippen molar-refractivity contribution in [3.05, 3.63) is 28.2 Å². The number of carboxylic acid groups (broad SMARTS) is 1. The minimum Gasteiger partial charge on any atom is -0.481 e. The fourth-order valence-electron chi connectivity index (χ4n) is 3.56. The highest BCUT2D eigenvalue weighted by molar-refractivity contribution is 7.17. The van der Waals surface area contributed by atoms with Crippen LogP contribution in [0.4, 0.5) is 5.00 Å². The number of carbonyl (C=O) groups is 3. The third kappa shape index (κ3) is 3.67. The van der Waals surface area contributed by atoms with Crippen LogP contribution in [0.3, 0.4) is 0 Å². The molecular weight excluding hydrogens is 354 g/mol. The van der Waals surface area contributed by atoms with Crippen molar-refractivity contribution in [3.63, 3.8) is 0 Å². The third-order valence-electron chi connectivity index (χ3n) is 4.79. The zero-order valence-electron chi connectivity index (χ0n) is 14.9. The Labute approximate surface area is 156 Å². The maximum absolute atomic E-state index is 12.8. The molecule has 0 fully saturated rings. The van der Waals surface area contributed by atoms with E-state index in [0.29, 0.717) is 23.4 Å². The second kappa shape index (κ2) is 7.61. The Morgan fingerprint density at radius 1 is 1.19 bits per heavy atom. The van der Waals surface area contributed by atoms with Gasteiger partial charge in [0.05, 0.1) is 23.5 Å². The third-order valence-corrected chi connectivity index (χ3v) is 6.00. The SMILES string of the molecule is CC(C)OC(=O)c1c(NC(=O)[C@@H]2CC=CC[C@H]2C(=O)O)sc2c1CCC2. The molecule has 0 aliphatic heterocycles. The van der Waals surface area contributed by atoms with Crippen LogP contribution in [-0.2, 0) is 27.2 Å². The highest BCUT2D eigenvalue weighted by Gasteiger charge is 2.36. The van der Waals surface area contributed by atoms with E-state index in [1.165, 1.54) is 11.3 Å². The summed E-state index contributed by atoms with van der Waals surface area (Å²) in [7, 11) is 0. The number of allylic oxidation sites excluding steroid dienone is 2. The van der Waals surface area contributed by atoms with Gasteiger partial charge in [-0.05, 0) is 51.5 Å². The lowest BCUT2D eigenvalue weighted by atomic mass is 9.82. The first-order valence-electron chi connectivity index (χ1n) is 8.92. The normalized spacial score (nSPS) is 21.5. The van der Waals surface area contributed by atoms with Gasteiger partial charge < -0.3 is 15.2 Å². The number of ether oxygens (including phenoxy) is 1. The maximum atomic E-state index is 12.8. The van der Waals surface area contributed by atoms with Gasteiger partial charge in [0, 0.05) is 4.88 Å². The molecule has 2 aliphatic carbocycles. The number of rotatable bonds is 5. The van der Waals surface area contributed by atoms with Crippen molar-refractivity contribution >= 4 is 34.2 Å². The first-order valence-corrected chi connectivity index (χ1v) is 9.74. The van der Waals surface area contributed by atoms with E-state index in [0.717, 1.165) is 29.7 Å². The molecule has 0 radical (unpaired) electrons. The monoisotopic (exact) mass is 377 g/mol. The Morgan fingerprint density at radius 3 is 2.54 bits per heavy atom. The molecule has 1 amide bonds. The van der Waals surface area contributed by atoms with E-state index >= 15 is 0 Å². The predicted molar refractivity (Wildman–Crippen MR) is 98.5 cm³/mol. The second-order valence-electron chi connectivity index (χ2n) is 7.00. The molecule has 6 nitrogen and oxygen atoms in total. The standard InChI is InChI=1S/C19H23NO5S/c1-10(2)25-19(24)15-13-8-5-9-14(13)26-17(15)20-16(21)11-6-3-4-7-12(11)18(22)23/h3-4,10-12H,5-9H2,1-2H3,(H,20,21)(H,22,23)/t11-,12-/m1/s1. The summed E-state index contributed by atoms with van der Waals surface area (Å²) in [6, 6.07) is 0. The Balaban J connectivity index is 1.85. The number of esters is 1. The van der Waals surface area contributed by atoms with Gasteiger partial charge in [0.25, 0.3) is 0 Å². The Hall–Kier alpha value is -2.15. The topological polar surface area (TPSA) is 92.7 Å². The van der Waals surface area contributed by atoms with E-state index in [4.69, 9.17) is 4.74 Å². The number of nitrogens with one attached hydrogen (secondary N) is 1. The number of amides is 1. The average molecular weight is 377 g/mol. The lowest BCUT2D eigenvalue weighted by molar-refractivity contribution is -0.146. The molecule has 0 saturated carbocycles. The van der Waals surface area contributed by atoms with Gasteiger partial charge in [-0.25, -0.2) is 4.79 Å². The van der Waals surface area contributed by atoms with E-state index in [2.05, 4.69) is 5.32 Å². The van der Waals surface area contributed by atoms with E-state index in [-0.39, 0.29) is 12.0 Å². The molecule has 0 aromatic carbocycles. The van der Waals surface area contributed by atoms with Gasteiger partial charge in [-0.1, -0.05) is 12.2 Å². The van der Waals surface area contributed by atoms with Gasteiger partial charge >= 0.3 is 11.9 Å². The van der Waals surface area contributed by atoms with E-state index in [9.17, 15) is 19.5 Å². The summed E-state index contributed by atoms with van der Waals surface area (Å²) in [6.07, 6.45) is 6.81. The Morgan fingerprint density at radius 2 is 1.88 bits per heavy atom. The number of hydrogen-bond donors (Lipinski definition) is 2. The Bertz CT molecular complexity index is 764. The number of carboxylic acids is 1. The number of aliphatic carboxylic acids is 1. The van der Waals surface area contributed by atoms with Gasteiger partial charge in [-0.2, -0.15) is 0 Å². The molecular formula is C19H23NO5S. The van der Waals surface area contributed by atoms with Crippen molar-refractivity contribution in [2.45, 2.75) is 52.1 Å². The first kappa shape index (κ1) is 18.6. The summed E-state index contributed by atoms with van der Waals surface area (Å²) in [5.74, 6) is -3.11. The molecule has 0 spiro atoms. The van der Waals surface area contributed by atoms with Crippen molar-refractivity contribution in [2.24, 2.45) is 11.8 Å². The zero-order valence-corrected chi connectivity index (χ0v) is 15.7. The van der Waals surface area contributed by atoms with Crippen LogP contribution in [0.15, 0.2) is 12.2 Å². The van der Waals surface area contributed by atoms with Crippen molar-refractivity contribution < 1.29 is 24.2 Å². The molecule has 140 valence electrons. The molecule has 1 aromatic heterocycles. The van der Waals surface area contributed by atoms with Crippen LogP contribution in [0.2, 0.25) is 0 Å². The van der Waals surface area contributed by atoms with Crippen LogP contribution in [0.1, 0.15) is 53.9 Å². The molecule has 2 aliphatic rings. The number of thiophene rings is 1. The maximum Gasteiger partial charge on any atom is 0.341 e. The summed E-state index contributed by atoms with van der Waals surface area (Å²) in [5.41, 5.74) is 1.41. The molecule has 0 unspecified atom stereocenters. The lowest BCUT2D eigenvalue weighted by Crippen LogP contribution is -2.34. The molecule has 1 aromatic rings. The number of aryl methyl sites for hydroxylation is 1. The van der Waals surface area contributed by atoms with Gasteiger partial charge in [0.2, 0.25) is 5.91 Å². The molecule has 7 heteroatoms. The second-order valence-corrected chi connectivity index (χ2v) is 8.10. The summed E-state index contributed by atoms with van der Waals surface area (Å²) in [6.45, 7) is 3.57. The van der Waals surface area contributed by atoms with Crippen molar-refractivity contribution in [2.75, 3.05) is 5.32 Å². The van der Waals surface area contributed by atoms with Crippen molar-refractivity contribution in [1.29, 1.82) is 0 Å². The number of anilines is 1. The molecule has 0 saturated heterocycles. The van der Waals surface area contributed by atoms with Crippen LogP contribution in [-0.4, -0.2) is 29.1 Å². The molecule has 2 N–H and O–H groups in total.